The van der Waals surface area contributed by atoms with E-state index in [2.05, 4.69) is 5.32 Å². The standard InChI is InChI=1S/C19H16N2O7/c1-26-17-8-11(14(21(24)25)9-18(17)27-2)3-5-15(22)12-4-6-16-13(7-12)20-19(23)10-28-16/h3-9H,10H2,1-2H3,(H,20,23)/b5-3+. The maximum Gasteiger partial charge on any atom is 0.280 e. The van der Waals surface area contributed by atoms with Crippen LogP contribution in [0, 0.1) is 10.1 Å². The summed E-state index contributed by atoms with van der Waals surface area (Å²) in [5, 5.41) is 14.0. The molecule has 0 saturated carbocycles. The predicted molar refractivity (Wildman–Crippen MR) is 100 cm³/mol. The molecule has 1 aliphatic heterocycles. The van der Waals surface area contributed by atoms with E-state index < -0.39 is 10.7 Å². The van der Waals surface area contributed by atoms with E-state index in [0.29, 0.717) is 22.7 Å². The van der Waals surface area contributed by atoms with Crippen LogP contribution in [0.25, 0.3) is 6.08 Å². The number of carbonyl (C=O) groups excluding carboxylic acids is 2. The zero-order valence-corrected chi connectivity index (χ0v) is 15.1. The molecule has 28 heavy (non-hydrogen) atoms. The molecule has 0 aliphatic carbocycles. The number of nitro benzene ring substituents is 1. The van der Waals surface area contributed by atoms with Crippen molar-refractivity contribution in [1.29, 1.82) is 0 Å². The van der Waals surface area contributed by atoms with E-state index in [4.69, 9.17) is 14.2 Å². The molecule has 0 bridgehead atoms. The molecular formula is C19H16N2O7. The molecule has 3 rings (SSSR count). The maximum atomic E-state index is 12.5. The number of rotatable bonds is 6. The number of amides is 1. The molecule has 1 N–H and O–H groups in total. The molecule has 9 heteroatoms. The molecule has 9 nitrogen and oxygen atoms in total. The molecule has 0 aromatic heterocycles. The second-order valence-electron chi connectivity index (χ2n) is 5.77. The quantitative estimate of drug-likeness (QED) is 0.352. The maximum absolute atomic E-state index is 12.5. The summed E-state index contributed by atoms with van der Waals surface area (Å²) in [4.78, 5) is 34.6. The van der Waals surface area contributed by atoms with Gasteiger partial charge in [0.15, 0.2) is 23.9 Å². The van der Waals surface area contributed by atoms with Gasteiger partial charge in [0.1, 0.15) is 5.75 Å². The van der Waals surface area contributed by atoms with Crippen molar-refractivity contribution < 1.29 is 28.7 Å². The van der Waals surface area contributed by atoms with Crippen LogP contribution in [0.4, 0.5) is 11.4 Å². The number of hydrogen-bond acceptors (Lipinski definition) is 7. The number of nitro groups is 1. The van der Waals surface area contributed by atoms with Crippen molar-refractivity contribution >= 4 is 29.1 Å². The zero-order chi connectivity index (χ0) is 20.3. The molecule has 0 fully saturated rings. The van der Waals surface area contributed by atoms with Crippen LogP contribution < -0.4 is 19.5 Å². The lowest BCUT2D eigenvalue weighted by atomic mass is 10.1. The first-order valence-corrected chi connectivity index (χ1v) is 8.12. The van der Waals surface area contributed by atoms with Crippen LogP contribution >= 0.6 is 0 Å². The third-order valence-electron chi connectivity index (χ3n) is 4.04. The number of nitrogens with one attached hydrogen (secondary N) is 1. The van der Waals surface area contributed by atoms with Crippen LogP contribution in [0.5, 0.6) is 17.2 Å². The van der Waals surface area contributed by atoms with E-state index in [-0.39, 0.29) is 29.5 Å². The molecule has 0 saturated heterocycles. The van der Waals surface area contributed by atoms with Gasteiger partial charge in [-0.25, -0.2) is 0 Å². The molecule has 0 unspecified atom stereocenters. The Morgan fingerprint density at radius 2 is 1.93 bits per heavy atom. The van der Waals surface area contributed by atoms with Crippen molar-refractivity contribution in [2.45, 2.75) is 0 Å². The summed E-state index contributed by atoms with van der Waals surface area (Å²) in [6, 6.07) is 7.26. The van der Waals surface area contributed by atoms with Gasteiger partial charge >= 0.3 is 0 Å². The molecule has 1 amide bonds. The molecule has 144 valence electrons. The lowest BCUT2D eigenvalue weighted by Crippen LogP contribution is -2.25. The van der Waals surface area contributed by atoms with Crippen molar-refractivity contribution in [1.82, 2.24) is 0 Å². The summed E-state index contributed by atoms with van der Waals surface area (Å²) >= 11 is 0. The summed E-state index contributed by atoms with van der Waals surface area (Å²) in [6.45, 7) is -0.0802. The summed E-state index contributed by atoms with van der Waals surface area (Å²) in [5.74, 6) is 0.271. The van der Waals surface area contributed by atoms with Crippen molar-refractivity contribution in [3.05, 3.63) is 57.6 Å². The molecule has 1 aliphatic rings. The van der Waals surface area contributed by atoms with E-state index in [1.54, 1.807) is 12.1 Å². The minimum atomic E-state index is -0.572. The predicted octanol–water partition coefficient (Wildman–Crippen LogP) is 2.84. The van der Waals surface area contributed by atoms with E-state index in [1.165, 1.54) is 44.6 Å². The Bertz CT molecular complexity index is 998. The fourth-order valence-electron chi connectivity index (χ4n) is 2.67. The van der Waals surface area contributed by atoms with Gasteiger partial charge in [-0.3, -0.25) is 19.7 Å². The van der Waals surface area contributed by atoms with Crippen LogP contribution in [-0.4, -0.2) is 37.4 Å². The molecule has 0 radical (unpaired) electrons. The number of ether oxygens (including phenoxy) is 3. The minimum Gasteiger partial charge on any atom is -0.493 e. The summed E-state index contributed by atoms with van der Waals surface area (Å²) < 4.78 is 15.5. The summed E-state index contributed by atoms with van der Waals surface area (Å²) in [7, 11) is 2.78. The van der Waals surface area contributed by atoms with Crippen LogP contribution in [-0.2, 0) is 4.79 Å². The first kappa shape index (κ1) is 18.9. The van der Waals surface area contributed by atoms with Crippen molar-refractivity contribution in [2.24, 2.45) is 0 Å². The highest BCUT2D eigenvalue weighted by Gasteiger charge is 2.19. The molecule has 2 aromatic carbocycles. The molecule has 0 spiro atoms. The van der Waals surface area contributed by atoms with E-state index in [0.717, 1.165) is 0 Å². The molecule has 1 heterocycles. The number of anilines is 1. The fourth-order valence-corrected chi connectivity index (χ4v) is 2.67. The zero-order valence-electron chi connectivity index (χ0n) is 15.1. The van der Waals surface area contributed by atoms with Gasteiger partial charge in [-0.15, -0.1) is 0 Å². The Hall–Kier alpha value is -3.88. The summed E-state index contributed by atoms with van der Waals surface area (Å²) in [6.07, 6.45) is 2.54. The van der Waals surface area contributed by atoms with Gasteiger partial charge in [-0.1, -0.05) is 0 Å². The van der Waals surface area contributed by atoms with Crippen LogP contribution in [0.1, 0.15) is 15.9 Å². The average Bonchev–Trinajstić information content (AvgIpc) is 2.70. The number of fused-ring (bicyclic) bond motifs is 1. The summed E-state index contributed by atoms with van der Waals surface area (Å²) in [5.41, 5.74) is 0.648. The SMILES string of the molecule is COc1cc(/C=C/C(=O)c2ccc3c(c2)NC(=O)CO3)c([N+](=O)[O-])cc1OC. The molecular weight excluding hydrogens is 368 g/mol. The van der Waals surface area contributed by atoms with E-state index in [9.17, 15) is 19.7 Å². The Morgan fingerprint density at radius 3 is 2.61 bits per heavy atom. The Labute approximate surface area is 159 Å². The largest absolute Gasteiger partial charge is 0.493 e. The highest BCUT2D eigenvalue weighted by atomic mass is 16.6. The van der Waals surface area contributed by atoms with Gasteiger partial charge in [0, 0.05) is 5.56 Å². The lowest BCUT2D eigenvalue weighted by Gasteiger charge is -2.17. The second-order valence-corrected chi connectivity index (χ2v) is 5.77. The topological polar surface area (TPSA) is 117 Å². The minimum absolute atomic E-state index is 0.0802. The van der Waals surface area contributed by atoms with Gasteiger partial charge in [0.2, 0.25) is 0 Å². The van der Waals surface area contributed by atoms with Crippen molar-refractivity contribution in [3.63, 3.8) is 0 Å². The Kier molecular flexibility index (Phi) is 5.25. The smallest absolute Gasteiger partial charge is 0.280 e. The van der Waals surface area contributed by atoms with Crippen LogP contribution in [0.2, 0.25) is 0 Å². The second kappa shape index (κ2) is 7.78. The van der Waals surface area contributed by atoms with E-state index >= 15 is 0 Å². The first-order valence-electron chi connectivity index (χ1n) is 8.12. The van der Waals surface area contributed by atoms with Gasteiger partial charge in [-0.2, -0.15) is 0 Å². The first-order chi connectivity index (χ1) is 13.4. The fraction of sp³-hybridized carbons (Fsp3) is 0.158. The Morgan fingerprint density at radius 1 is 1.21 bits per heavy atom. The molecule has 0 atom stereocenters. The van der Waals surface area contributed by atoms with Crippen LogP contribution in [0.15, 0.2) is 36.4 Å². The number of hydrogen-bond donors (Lipinski definition) is 1. The number of benzene rings is 2. The third-order valence-corrected chi connectivity index (χ3v) is 4.04. The number of methoxy groups -OCH3 is 2. The van der Waals surface area contributed by atoms with Crippen molar-refractivity contribution in [3.8, 4) is 17.2 Å². The monoisotopic (exact) mass is 384 g/mol. The number of carbonyl (C=O) groups is 2. The van der Waals surface area contributed by atoms with Gasteiger partial charge < -0.3 is 19.5 Å². The third kappa shape index (κ3) is 3.78. The average molecular weight is 384 g/mol. The van der Waals surface area contributed by atoms with Gasteiger partial charge in [-0.05, 0) is 36.4 Å². The number of allylic oxidation sites excluding steroid dienone is 1. The highest BCUT2D eigenvalue weighted by Crippen LogP contribution is 2.35. The molecule has 2 aromatic rings. The Balaban J connectivity index is 1.91. The van der Waals surface area contributed by atoms with Crippen LogP contribution in [0.3, 0.4) is 0 Å². The van der Waals surface area contributed by atoms with E-state index in [1.807, 2.05) is 0 Å². The highest BCUT2D eigenvalue weighted by molar-refractivity contribution is 6.08. The van der Waals surface area contributed by atoms with Gasteiger partial charge in [0.25, 0.3) is 11.6 Å². The lowest BCUT2D eigenvalue weighted by molar-refractivity contribution is -0.385. The van der Waals surface area contributed by atoms with Gasteiger partial charge in [0.05, 0.1) is 36.5 Å². The normalized spacial score (nSPS) is 12.7. The van der Waals surface area contributed by atoms with Crippen molar-refractivity contribution in [2.75, 3.05) is 26.1 Å². The number of ketones is 1. The number of nitrogens with zero attached hydrogens (tertiary/aromatic N) is 1.